The van der Waals surface area contributed by atoms with Crippen LogP contribution in [-0.4, -0.2) is 37.0 Å². The van der Waals surface area contributed by atoms with Gasteiger partial charge in [-0.1, -0.05) is 30.4 Å². The Labute approximate surface area is 173 Å². The summed E-state index contributed by atoms with van der Waals surface area (Å²) in [6.45, 7) is 7.88. The third kappa shape index (κ3) is 6.14. The molecule has 0 aromatic heterocycles. The second-order valence-corrected chi connectivity index (χ2v) is 6.67. The smallest absolute Gasteiger partial charge is 0.231 e. The van der Waals surface area contributed by atoms with Crippen molar-refractivity contribution in [2.45, 2.75) is 33.7 Å². The summed E-state index contributed by atoms with van der Waals surface area (Å²) >= 11 is 5.79. The molecule has 1 N–H and O–H groups in total. The highest BCUT2D eigenvalue weighted by molar-refractivity contribution is 6.19. The lowest BCUT2D eigenvalue weighted by molar-refractivity contribution is 0.174. The van der Waals surface area contributed by atoms with Gasteiger partial charge in [-0.2, -0.15) is 5.10 Å². The number of fused-ring (bicyclic) bond motifs is 1. The molecule has 0 unspecified atom stereocenters. The predicted octanol–water partition coefficient (Wildman–Crippen LogP) is 4.85. The fourth-order valence-corrected chi connectivity index (χ4v) is 3.01. The third-order valence-corrected chi connectivity index (χ3v) is 4.63. The molecule has 2 rings (SSSR count). The molecule has 0 bridgehead atoms. The standard InChI is InChI=1S/C22H30ClN3O2/c1-5-19(8-7-12-23)17(3)25-26(20(6-2)11-13-24-4)15-18-9-10-21-22(14-18)28-16-27-21/h5-10,14,24H,11-13,15-16H2,1-4H3/b8-7-,19-5+,20-6+,25-17+. The quantitative estimate of drug-likeness (QED) is 0.262. The maximum atomic E-state index is 5.79. The van der Waals surface area contributed by atoms with E-state index in [1.54, 1.807) is 0 Å². The minimum Gasteiger partial charge on any atom is -0.454 e. The van der Waals surface area contributed by atoms with Gasteiger partial charge < -0.3 is 14.8 Å². The van der Waals surface area contributed by atoms with E-state index in [4.69, 9.17) is 26.2 Å². The first kappa shape index (κ1) is 22.1. The van der Waals surface area contributed by atoms with E-state index in [9.17, 15) is 0 Å². The summed E-state index contributed by atoms with van der Waals surface area (Å²) in [5.41, 5.74) is 4.26. The first-order valence-corrected chi connectivity index (χ1v) is 10.1. The molecule has 152 valence electrons. The zero-order chi connectivity index (χ0) is 20.4. The Balaban J connectivity index is 2.30. The second-order valence-electron chi connectivity index (χ2n) is 6.36. The molecule has 0 atom stereocenters. The van der Waals surface area contributed by atoms with Crippen LogP contribution in [-0.2, 0) is 6.54 Å². The van der Waals surface area contributed by atoms with Crippen LogP contribution in [0.5, 0.6) is 11.5 Å². The highest BCUT2D eigenvalue weighted by Gasteiger charge is 2.16. The fraction of sp³-hybridized carbons (Fsp3) is 0.409. The number of ether oxygens (including phenoxy) is 2. The van der Waals surface area contributed by atoms with Gasteiger partial charge in [0.15, 0.2) is 11.5 Å². The fourth-order valence-electron chi connectivity index (χ4n) is 2.92. The normalized spacial score (nSPS) is 14.8. The number of hydrogen-bond donors (Lipinski definition) is 1. The van der Waals surface area contributed by atoms with Crippen molar-refractivity contribution >= 4 is 17.3 Å². The summed E-state index contributed by atoms with van der Waals surface area (Å²) < 4.78 is 10.9. The SMILES string of the molecule is C/C=C(\C=C/CCl)C(/C)=N/N(Cc1ccc2c(c1)OCO2)/C(=C/C)CCNC. The molecule has 0 saturated carbocycles. The van der Waals surface area contributed by atoms with Gasteiger partial charge in [0.25, 0.3) is 0 Å². The van der Waals surface area contributed by atoms with E-state index in [1.807, 2.05) is 58.2 Å². The van der Waals surface area contributed by atoms with Gasteiger partial charge in [0.05, 0.1) is 12.3 Å². The van der Waals surface area contributed by atoms with Gasteiger partial charge in [0, 0.05) is 24.5 Å². The molecule has 1 aliphatic rings. The summed E-state index contributed by atoms with van der Waals surface area (Å²) in [5.74, 6) is 2.06. The molecular weight excluding hydrogens is 374 g/mol. The summed E-state index contributed by atoms with van der Waals surface area (Å²) in [6.07, 6.45) is 8.98. The monoisotopic (exact) mass is 403 g/mol. The van der Waals surface area contributed by atoms with Crippen molar-refractivity contribution < 1.29 is 9.47 Å². The van der Waals surface area contributed by atoms with Crippen molar-refractivity contribution in [2.75, 3.05) is 26.3 Å². The minimum atomic E-state index is 0.277. The van der Waals surface area contributed by atoms with Crippen LogP contribution in [0, 0.1) is 0 Å². The third-order valence-electron chi connectivity index (χ3n) is 4.45. The number of hydrogen-bond acceptors (Lipinski definition) is 5. The number of alkyl halides is 1. The van der Waals surface area contributed by atoms with Gasteiger partial charge in [-0.3, -0.25) is 5.01 Å². The van der Waals surface area contributed by atoms with Crippen molar-refractivity contribution in [3.05, 3.63) is 59.3 Å². The van der Waals surface area contributed by atoms with Crippen molar-refractivity contribution in [3.63, 3.8) is 0 Å². The molecule has 1 aromatic rings. The van der Waals surface area contributed by atoms with Gasteiger partial charge in [-0.15, -0.1) is 11.6 Å². The van der Waals surface area contributed by atoms with Gasteiger partial charge in [-0.05, 0) is 51.1 Å². The van der Waals surface area contributed by atoms with Crippen molar-refractivity contribution in [3.8, 4) is 11.5 Å². The van der Waals surface area contributed by atoms with E-state index >= 15 is 0 Å². The molecule has 1 aliphatic heterocycles. The highest BCUT2D eigenvalue weighted by atomic mass is 35.5. The Morgan fingerprint density at radius 3 is 2.71 bits per heavy atom. The van der Waals surface area contributed by atoms with Crippen molar-refractivity contribution in [1.29, 1.82) is 0 Å². The van der Waals surface area contributed by atoms with Crippen LogP contribution in [0.25, 0.3) is 0 Å². The highest BCUT2D eigenvalue weighted by Crippen LogP contribution is 2.33. The van der Waals surface area contributed by atoms with E-state index in [0.717, 1.165) is 47.0 Å². The minimum absolute atomic E-state index is 0.277. The molecular formula is C22H30ClN3O2. The summed E-state index contributed by atoms with van der Waals surface area (Å²) in [7, 11) is 1.96. The average Bonchev–Trinajstić information content (AvgIpc) is 3.17. The first-order chi connectivity index (χ1) is 13.6. The van der Waals surface area contributed by atoms with Gasteiger partial charge in [-0.25, -0.2) is 0 Å². The van der Waals surface area contributed by atoms with Gasteiger partial charge in [0.1, 0.15) is 0 Å². The zero-order valence-corrected chi connectivity index (χ0v) is 17.9. The van der Waals surface area contributed by atoms with Crippen LogP contribution >= 0.6 is 11.6 Å². The lowest BCUT2D eigenvalue weighted by atomic mass is 10.1. The topological polar surface area (TPSA) is 46.1 Å². The zero-order valence-electron chi connectivity index (χ0n) is 17.2. The molecule has 0 amide bonds. The predicted molar refractivity (Wildman–Crippen MR) is 117 cm³/mol. The Kier molecular flexibility index (Phi) is 9.11. The van der Waals surface area contributed by atoms with Crippen molar-refractivity contribution in [1.82, 2.24) is 10.3 Å². The molecule has 6 heteroatoms. The van der Waals surface area contributed by atoms with Crippen LogP contribution in [0.4, 0.5) is 0 Å². The molecule has 0 radical (unpaired) electrons. The Bertz CT molecular complexity index is 769. The molecule has 0 aliphatic carbocycles. The molecule has 0 spiro atoms. The van der Waals surface area contributed by atoms with Crippen molar-refractivity contribution in [2.24, 2.45) is 5.10 Å². The Hall–Kier alpha value is -2.24. The summed E-state index contributed by atoms with van der Waals surface area (Å²) in [6, 6.07) is 6.03. The van der Waals surface area contributed by atoms with Gasteiger partial charge in [0.2, 0.25) is 6.79 Å². The van der Waals surface area contributed by atoms with Crippen LogP contribution in [0.3, 0.4) is 0 Å². The number of nitrogens with zero attached hydrogens (tertiary/aromatic N) is 2. The van der Waals surface area contributed by atoms with Crippen LogP contribution in [0.15, 0.2) is 58.9 Å². The van der Waals surface area contributed by atoms with E-state index < -0.39 is 0 Å². The van der Waals surface area contributed by atoms with Gasteiger partial charge >= 0.3 is 0 Å². The number of hydrazone groups is 1. The maximum Gasteiger partial charge on any atom is 0.231 e. The Morgan fingerprint density at radius 1 is 1.25 bits per heavy atom. The van der Waals surface area contributed by atoms with E-state index in [2.05, 4.69) is 22.5 Å². The number of benzene rings is 1. The number of rotatable bonds is 10. The van der Waals surface area contributed by atoms with Crippen LogP contribution in [0.1, 0.15) is 32.8 Å². The molecule has 5 nitrogen and oxygen atoms in total. The summed E-state index contributed by atoms with van der Waals surface area (Å²) in [5, 5.41) is 10.2. The first-order valence-electron chi connectivity index (χ1n) is 9.53. The summed E-state index contributed by atoms with van der Waals surface area (Å²) in [4.78, 5) is 0. The van der Waals surface area contributed by atoms with E-state index in [-0.39, 0.29) is 6.79 Å². The lowest BCUT2D eigenvalue weighted by Crippen LogP contribution is -2.22. The number of halogens is 1. The molecule has 28 heavy (non-hydrogen) atoms. The molecule has 0 saturated heterocycles. The number of allylic oxidation sites excluding steroid dienone is 5. The Morgan fingerprint density at radius 2 is 2.04 bits per heavy atom. The number of nitrogens with one attached hydrogen (secondary N) is 1. The molecule has 0 fully saturated rings. The molecule has 1 heterocycles. The average molecular weight is 404 g/mol. The van der Waals surface area contributed by atoms with Crippen LogP contribution in [0.2, 0.25) is 0 Å². The van der Waals surface area contributed by atoms with E-state index in [0.29, 0.717) is 12.4 Å². The molecule has 1 aromatic carbocycles. The van der Waals surface area contributed by atoms with Crippen LogP contribution < -0.4 is 14.8 Å². The van der Waals surface area contributed by atoms with E-state index in [1.165, 1.54) is 0 Å². The maximum absolute atomic E-state index is 5.79. The second kappa shape index (κ2) is 11.6. The lowest BCUT2D eigenvalue weighted by Gasteiger charge is -2.24. The largest absolute Gasteiger partial charge is 0.454 e.